The molecule has 1 nitrogen and oxygen atoms in total. The second-order valence-electron chi connectivity index (χ2n) is 3.05. The van der Waals surface area contributed by atoms with E-state index >= 15 is 0 Å². The van der Waals surface area contributed by atoms with Gasteiger partial charge in [-0.3, -0.25) is 4.98 Å². The summed E-state index contributed by atoms with van der Waals surface area (Å²) in [6.07, 6.45) is 8.78. The number of benzene rings is 1. The third-order valence-electron chi connectivity index (χ3n) is 2.14. The zero-order chi connectivity index (χ0) is 10.7. The summed E-state index contributed by atoms with van der Waals surface area (Å²) in [6, 6.07) is 9.48. The number of hydrogen-bond acceptors (Lipinski definition) is 1. The predicted molar refractivity (Wildman–Crippen MR) is 62.6 cm³/mol. The van der Waals surface area contributed by atoms with E-state index in [2.05, 4.69) is 10.9 Å². The fourth-order valence-electron chi connectivity index (χ4n) is 1.42. The van der Waals surface area contributed by atoms with Crippen LogP contribution >= 0.6 is 11.6 Å². The maximum absolute atomic E-state index is 6.10. The molecular formula is C13H8ClN. The summed E-state index contributed by atoms with van der Waals surface area (Å²) in [7, 11) is 0. The Balaban J connectivity index is 2.65. The summed E-state index contributed by atoms with van der Waals surface area (Å²) in [5.41, 5.74) is 2.64. The fourth-order valence-corrected chi connectivity index (χ4v) is 1.66. The molecule has 0 radical (unpaired) electrons. The SMILES string of the molecule is C#Cc1cnccc1-c1ccccc1Cl. The van der Waals surface area contributed by atoms with Crippen LogP contribution in [-0.2, 0) is 0 Å². The average molecular weight is 214 g/mol. The summed E-state index contributed by atoms with van der Waals surface area (Å²) in [6.45, 7) is 0. The first kappa shape index (κ1) is 9.76. The van der Waals surface area contributed by atoms with E-state index in [9.17, 15) is 0 Å². The van der Waals surface area contributed by atoms with E-state index < -0.39 is 0 Å². The highest BCUT2D eigenvalue weighted by atomic mass is 35.5. The molecule has 0 atom stereocenters. The first-order valence-corrected chi connectivity index (χ1v) is 4.86. The van der Waals surface area contributed by atoms with Crippen LogP contribution in [0.15, 0.2) is 42.7 Å². The van der Waals surface area contributed by atoms with Crippen molar-refractivity contribution in [1.29, 1.82) is 0 Å². The van der Waals surface area contributed by atoms with E-state index in [1.54, 1.807) is 12.4 Å². The highest BCUT2D eigenvalue weighted by molar-refractivity contribution is 6.33. The fraction of sp³-hybridized carbons (Fsp3) is 0. The van der Waals surface area contributed by atoms with Gasteiger partial charge in [-0.25, -0.2) is 0 Å². The molecule has 72 valence electrons. The lowest BCUT2D eigenvalue weighted by molar-refractivity contribution is 1.31. The van der Waals surface area contributed by atoms with Gasteiger partial charge >= 0.3 is 0 Å². The van der Waals surface area contributed by atoms with Crippen molar-refractivity contribution in [3.05, 3.63) is 53.3 Å². The summed E-state index contributed by atoms with van der Waals surface area (Å²) in [5.74, 6) is 2.60. The van der Waals surface area contributed by atoms with Crippen LogP contribution in [0.3, 0.4) is 0 Å². The van der Waals surface area contributed by atoms with Gasteiger partial charge in [-0.1, -0.05) is 35.7 Å². The molecule has 0 spiro atoms. The third-order valence-corrected chi connectivity index (χ3v) is 2.47. The van der Waals surface area contributed by atoms with E-state index in [0.717, 1.165) is 16.7 Å². The minimum absolute atomic E-state index is 0.695. The average Bonchev–Trinajstić information content (AvgIpc) is 2.30. The Labute approximate surface area is 93.7 Å². The lowest BCUT2D eigenvalue weighted by Crippen LogP contribution is -1.86. The van der Waals surface area contributed by atoms with Crippen LogP contribution in [0.5, 0.6) is 0 Å². The molecule has 2 rings (SSSR count). The van der Waals surface area contributed by atoms with Gasteiger partial charge in [0.2, 0.25) is 0 Å². The Hall–Kier alpha value is -1.78. The molecule has 0 aliphatic rings. The number of halogens is 1. The van der Waals surface area contributed by atoms with Crippen molar-refractivity contribution in [3.63, 3.8) is 0 Å². The van der Waals surface area contributed by atoms with Gasteiger partial charge in [0.15, 0.2) is 0 Å². The lowest BCUT2D eigenvalue weighted by Gasteiger charge is -2.05. The first-order valence-electron chi connectivity index (χ1n) is 4.48. The molecule has 0 aliphatic heterocycles. The van der Waals surface area contributed by atoms with Gasteiger partial charge in [0.1, 0.15) is 0 Å². The number of nitrogens with zero attached hydrogens (tertiary/aromatic N) is 1. The van der Waals surface area contributed by atoms with Gasteiger partial charge in [0, 0.05) is 28.5 Å². The number of hydrogen-bond donors (Lipinski definition) is 0. The van der Waals surface area contributed by atoms with Crippen LogP contribution in [0, 0.1) is 12.3 Å². The van der Waals surface area contributed by atoms with Crippen LogP contribution in [0.25, 0.3) is 11.1 Å². The van der Waals surface area contributed by atoms with Crippen molar-refractivity contribution < 1.29 is 0 Å². The van der Waals surface area contributed by atoms with Crippen molar-refractivity contribution in [2.45, 2.75) is 0 Å². The summed E-state index contributed by atoms with van der Waals surface area (Å²) in [4.78, 5) is 3.99. The maximum atomic E-state index is 6.10. The van der Waals surface area contributed by atoms with E-state index in [1.807, 2.05) is 30.3 Å². The van der Waals surface area contributed by atoms with E-state index in [-0.39, 0.29) is 0 Å². The Morgan fingerprint density at radius 3 is 2.67 bits per heavy atom. The molecule has 2 aromatic rings. The Bertz CT molecular complexity index is 526. The third kappa shape index (κ3) is 1.86. The summed E-state index contributed by atoms with van der Waals surface area (Å²) >= 11 is 6.10. The van der Waals surface area contributed by atoms with E-state index in [4.69, 9.17) is 18.0 Å². The van der Waals surface area contributed by atoms with Gasteiger partial charge in [0.25, 0.3) is 0 Å². The van der Waals surface area contributed by atoms with Gasteiger partial charge in [0.05, 0.1) is 5.56 Å². The van der Waals surface area contributed by atoms with Crippen LogP contribution in [0.4, 0.5) is 0 Å². The summed E-state index contributed by atoms with van der Waals surface area (Å²) < 4.78 is 0. The Morgan fingerprint density at radius 1 is 1.13 bits per heavy atom. The molecule has 1 aromatic carbocycles. The minimum atomic E-state index is 0.695. The molecule has 0 N–H and O–H groups in total. The van der Waals surface area contributed by atoms with Gasteiger partial charge in [-0.15, -0.1) is 6.42 Å². The quantitative estimate of drug-likeness (QED) is 0.662. The number of aromatic nitrogens is 1. The lowest BCUT2D eigenvalue weighted by atomic mass is 10.0. The van der Waals surface area contributed by atoms with E-state index in [0.29, 0.717) is 5.02 Å². The smallest absolute Gasteiger partial charge is 0.0504 e. The van der Waals surface area contributed by atoms with Gasteiger partial charge < -0.3 is 0 Å². The molecule has 15 heavy (non-hydrogen) atoms. The molecule has 0 saturated carbocycles. The molecule has 0 aliphatic carbocycles. The largest absolute Gasteiger partial charge is 0.263 e. The summed E-state index contributed by atoms with van der Waals surface area (Å²) in [5, 5.41) is 0.695. The molecule has 0 unspecified atom stereocenters. The Morgan fingerprint density at radius 2 is 1.93 bits per heavy atom. The zero-order valence-corrected chi connectivity index (χ0v) is 8.70. The minimum Gasteiger partial charge on any atom is -0.263 e. The number of pyridine rings is 1. The predicted octanol–water partition coefficient (Wildman–Crippen LogP) is 3.38. The molecule has 0 saturated heterocycles. The van der Waals surface area contributed by atoms with Crippen molar-refractivity contribution in [2.24, 2.45) is 0 Å². The van der Waals surface area contributed by atoms with Crippen molar-refractivity contribution in [2.75, 3.05) is 0 Å². The van der Waals surface area contributed by atoms with Crippen molar-refractivity contribution >= 4 is 11.6 Å². The Kier molecular flexibility index (Phi) is 2.71. The number of rotatable bonds is 1. The van der Waals surface area contributed by atoms with Crippen LogP contribution in [0.2, 0.25) is 5.02 Å². The highest BCUT2D eigenvalue weighted by Crippen LogP contribution is 2.29. The maximum Gasteiger partial charge on any atom is 0.0504 e. The first-order chi connectivity index (χ1) is 7.33. The zero-order valence-electron chi connectivity index (χ0n) is 7.94. The van der Waals surface area contributed by atoms with Crippen LogP contribution < -0.4 is 0 Å². The molecule has 0 bridgehead atoms. The molecule has 2 heteroatoms. The highest BCUT2D eigenvalue weighted by Gasteiger charge is 2.05. The second-order valence-corrected chi connectivity index (χ2v) is 3.45. The molecular weight excluding hydrogens is 206 g/mol. The van der Waals surface area contributed by atoms with Crippen LogP contribution in [0.1, 0.15) is 5.56 Å². The van der Waals surface area contributed by atoms with Crippen molar-refractivity contribution in [1.82, 2.24) is 4.98 Å². The molecule has 0 amide bonds. The molecule has 1 heterocycles. The van der Waals surface area contributed by atoms with Crippen molar-refractivity contribution in [3.8, 4) is 23.5 Å². The monoisotopic (exact) mass is 213 g/mol. The van der Waals surface area contributed by atoms with Gasteiger partial charge in [-0.2, -0.15) is 0 Å². The standard InChI is InChI=1S/C13H8ClN/c1-2-10-9-15-8-7-11(10)12-5-3-4-6-13(12)14/h1,3-9H. The topological polar surface area (TPSA) is 12.9 Å². The molecule has 0 fully saturated rings. The molecule has 1 aromatic heterocycles. The van der Waals surface area contributed by atoms with Gasteiger partial charge in [-0.05, 0) is 12.1 Å². The van der Waals surface area contributed by atoms with Crippen LogP contribution in [-0.4, -0.2) is 4.98 Å². The number of terminal acetylenes is 1. The normalized spacial score (nSPS) is 9.60. The second kappa shape index (κ2) is 4.16. The van der Waals surface area contributed by atoms with E-state index in [1.165, 1.54) is 0 Å².